The van der Waals surface area contributed by atoms with Gasteiger partial charge in [0.2, 0.25) is 5.91 Å². The minimum Gasteiger partial charge on any atom is -0.362 e. The van der Waals surface area contributed by atoms with E-state index < -0.39 is 0 Å². The Hall–Kier alpha value is -2.67. The van der Waals surface area contributed by atoms with Gasteiger partial charge in [-0.05, 0) is 77.1 Å². The molecule has 0 saturated carbocycles. The highest BCUT2D eigenvalue weighted by atomic mass is 16.2. The van der Waals surface area contributed by atoms with Crippen LogP contribution in [0.25, 0.3) is 5.69 Å². The molecule has 1 saturated heterocycles. The average molecular weight is 468 g/mol. The Kier molecular flexibility index (Phi) is 8.89. The number of ketones is 1. The molecule has 2 N–H and O–H groups in total. The van der Waals surface area contributed by atoms with Gasteiger partial charge in [0.05, 0.1) is 18.8 Å². The highest BCUT2D eigenvalue weighted by Gasteiger charge is 2.24. The number of piperidine rings is 1. The fourth-order valence-electron chi connectivity index (χ4n) is 4.46. The Bertz CT molecular complexity index is 938. The summed E-state index contributed by atoms with van der Waals surface area (Å²) in [7, 11) is 0. The fourth-order valence-corrected chi connectivity index (χ4v) is 4.46. The Morgan fingerprint density at radius 2 is 1.79 bits per heavy atom. The molecule has 0 bridgehead atoms. The normalized spacial score (nSPS) is 15.5. The van der Waals surface area contributed by atoms with Gasteiger partial charge in [-0.3, -0.25) is 14.5 Å². The van der Waals surface area contributed by atoms with Gasteiger partial charge < -0.3 is 10.6 Å². The number of aromatic nitrogens is 2. The molecule has 0 aliphatic carbocycles. The number of carbonyl (C=O) groups excluding carboxylic acids is 2. The van der Waals surface area contributed by atoms with E-state index >= 15 is 0 Å². The predicted molar refractivity (Wildman–Crippen MR) is 137 cm³/mol. The molecule has 7 heteroatoms. The van der Waals surface area contributed by atoms with Gasteiger partial charge in [-0.25, -0.2) is 4.68 Å². The fraction of sp³-hybridized carbons (Fsp3) is 0.593. The van der Waals surface area contributed by atoms with Crippen molar-refractivity contribution in [3.63, 3.8) is 0 Å². The number of hydrogen-bond donors (Lipinski definition) is 2. The molecule has 0 unspecified atom stereocenters. The third-order valence-electron chi connectivity index (χ3n) is 5.97. The van der Waals surface area contributed by atoms with Crippen molar-refractivity contribution in [3.05, 3.63) is 42.1 Å². The van der Waals surface area contributed by atoms with Crippen LogP contribution in [0.4, 0.5) is 5.82 Å². The van der Waals surface area contributed by atoms with Gasteiger partial charge >= 0.3 is 0 Å². The van der Waals surface area contributed by atoms with Crippen molar-refractivity contribution in [1.82, 2.24) is 20.0 Å². The van der Waals surface area contributed by atoms with E-state index in [1.807, 2.05) is 55.8 Å². The number of carbonyl (C=O) groups is 2. The first-order valence-corrected chi connectivity index (χ1v) is 12.5. The number of nitrogens with zero attached hydrogens (tertiary/aromatic N) is 3. The van der Waals surface area contributed by atoms with Crippen molar-refractivity contribution >= 4 is 17.5 Å². The lowest BCUT2D eigenvalue weighted by molar-refractivity contribution is -0.124. The van der Waals surface area contributed by atoms with Crippen LogP contribution in [0.5, 0.6) is 0 Å². The molecule has 1 aromatic heterocycles. The lowest BCUT2D eigenvalue weighted by Crippen LogP contribution is -2.47. The van der Waals surface area contributed by atoms with Crippen LogP contribution in [-0.4, -0.2) is 58.1 Å². The Morgan fingerprint density at radius 1 is 1.12 bits per heavy atom. The van der Waals surface area contributed by atoms with Crippen LogP contribution in [-0.2, 0) is 16.0 Å². The predicted octanol–water partition coefficient (Wildman–Crippen LogP) is 4.07. The van der Waals surface area contributed by atoms with E-state index in [-0.39, 0.29) is 17.2 Å². The van der Waals surface area contributed by atoms with Crippen molar-refractivity contribution in [1.29, 1.82) is 0 Å². The van der Waals surface area contributed by atoms with E-state index in [1.165, 1.54) is 0 Å². The van der Waals surface area contributed by atoms with Crippen LogP contribution in [0.2, 0.25) is 0 Å². The molecule has 1 aromatic carbocycles. The number of para-hydroxylation sites is 1. The number of Topliss-reactive ketones (excluding diaryl/α,β-unsaturated/α-hetero) is 1. The maximum Gasteiger partial charge on any atom is 0.234 e. The maximum atomic E-state index is 12.7. The summed E-state index contributed by atoms with van der Waals surface area (Å²) >= 11 is 0. The second kappa shape index (κ2) is 11.6. The molecule has 2 aromatic rings. The standard InChI is InChI=1S/C27H41N5O2/c1-20(2)15-23-17-25(30-32(23)22-9-7-6-8-10-22)28-18-24(33)16-21-11-13-31(14-12-21)19-26(34)29-27(3,4)5/h6-10,17,20-21H,11-16,18-19H2,1-5H3,(H,28,30)(H,29,34). The summed E-state index contributed by atoms with van der Waals surface area (Å²) in [6, 6.07) is 12.2. The summed E-state index contributed by atoms with van der Waals surface area (Å²) in [5, 5.41) is 11.0. The zero-order chi connectivity index (χ0) is 24.7. The monoisotopic (exact) mass is 467 g/mol. The minimum atomic E-state index is -0.207. The van der Waals surface area contributed by atoms with Crippen LogP contribution in [0.3, 0.4) is 0 Å². The molecule has 7 nitrogen and oxygen atoms in total. The van der Waals surface area contributed by atoms with Crippen LogP contribution in [0.1, 0.15) is 59.6 Å². The van der Waals surface area contributed by atoms with Crippen LogP contribution >= 0.6 is 0 Å². The van der Waals surface area contributed by atoms with Crippen LogP contribution < -0.4 is 10.6 Å². The number of rotatable bonds is 10. The largest absolute Gasteiger partial charge is 0.362 e. The van der Waals surface area contributed by atoms with Crippen molar-refractivity contribution in [2.75, 3.05) is 31.5 Å². The van der Waals surface area contributed by atoms with E-state index in [2.05, 4.69) is 35.4 Å². The first-order chi connectivity index (χ1) is 16.1. The molecule has 1 amide bonds. The molecule has 0 spiro atoms. The van der Waals surface area contributed by atoms with Crippen molar-refractivity contribution in [2.45, 2.75) is 65.8 Å². The topological polar surface area (TPSA) is 79.3 Å². The molecule has 1 aliphatic heterocycles. The van der Waals surface area contributed by atoms with Gasteiger partial charge in [0.1, 0.15) is 5.82 Å². The molecule has 34 heavy (non-hydrogen) atoms. The summed E-state index contributed by atoms with van der Waals surface area (Å²) in [5.74, 6) is 1.92. The summed E-state index contributed by atoms with van der Waals surface area (Å²) < 4.78 is 1.97. The van der Waals surface area contributed by atoms with Gasteiger partial charge in [-0.15, -0.1) is 0 Å². The number of amides is 1. The minimum absolute atomic E-state index is 0.0676. The van der Waals surface area contributed by atoms with Crippen molar-refractivity contribution < 1.29 is 9.59 Å². The summed E-state index contributed by atoms with van der Waals surface area (Å²) in [5.41, 5.74) is 1.96. The SMILES string of the molecule is CC(C)Cc1cc(NCC(=O)CC2CCN(CC(=O)NC(C)(C)C)CC2)nn1-c1ccccc1. The molecular formula is C27H41N5O2. The van der Waals surface area contributed by atoms with Gasteiger partial charge in [0.25, 0.3) is 0 Å². The third kappa shape index (κ3) is 8.28. The molecule has 2 heterocycles. The van der Waals surface area contributed by atoms with Crippen LogP contribution in [0, 0.1) is 11.8 Å². The average Bonchev–Trinajstić information content (AvgIpc) is 3.15. The summed E-state index contributed by atoms with van der Waals surface area (Å²) in [4.78, 5) is 27.0. The van der Waals surface area contributed by atoms with Crippen molar-refractivity contribution in [2.24, 2.45) is 11.8 Å². The Balaban J connectivity index is 1.46. The Morgan fingerprint density at radius 3 is 2.41 bits per heavy atom. The van der Waals surface area contributed by atoms with E-state index in [9.17, 15) is 9.59 Å². The molecular weight excluding hydrogens is 426 g/mol. The number of nitrogens with one attached hydrogen (secondary N) is 2. The number of hydrogen-bond acceptors (Lipinski definition) is 5. The second-order valence-electron chi connectivity index (χ2n) is 11.0. The van der Waals surface area contributed by atoms with E-state index in [0.717, 1.165) is 49.6 Å². The van der Waals surface area contributed by atoms with Gasteiger partial charge in [0, 0.05) is 23.7 Å². The lowest BCUT2D eigenvalue weighted by atomic mass is 9.91. The second-order valence-corrected chi connectivity index (χ2v) is 11.0. The molecule has 0 radical (unpaired) electrons. The number of likely N-dealkylation sites (tertiary alicyclic amines) is 1. The number of benzene rings is 1. The summed E-state index contributed by atoms with van der Waals surface area (Å²) in [6.45, 7) is 12.8. The zero-order valence-electron chi connectivity index (χ0n) is 21.4. The van der Waals surface area contributed by atoms with Gasteiger partial charge in [0.15, 0.2) is 5.78 Å². The van der Waals surface area contributed by atoms with Gasteiger partial charge in [-0.2, -0.15) is 5.10 Å². The lowest BCUT2D eigenvalue weighted by Gasteiger charge is -2.32. The quantitative estimate of drug-likeness (QED) is 0.551. The molecule has 0 atom stereocenters. The number of anilines is 1. The molecule has 1 aliphatic rings. The van der Waals surface area contributed by atoms with E-state index in [0.29, 0.717) is 31.3 Å². The zero-order valence-corrected chi connectivity index (χ0v) is 21.4. The smallest absolute Gasteiger partial charge is 0.234 e. The molecule has 1 fully saturated rings. The highest BCUT2D eigenvalue weighted by Crippen LogP contribution is 2.22. The van der Waals surface area contributed by atoms with E-state index in [4.69, 9.17) is 5.10 Å². The first-order valence-electron chi connectivity index (χ1n) is 12.5. The maximum absolute atomic E-state index is 12.7. The van der Waals surface area contributed by atoms with Crippen molar-refractivity contribution in [3.8, 4) is 5.69 Å². The molecule has 186 valence electrons. The first kappa shape index (κ1) is 25.9. The highest BCUT2D eigenvalue weighted by molar-refractivity contribution is 5.83. The Labute approximate surface area is 204 Å². The third-order valence-corrected chi connectivity index (χ3v) is 5.97. The molecule has 3 rings (SSSR count). The summed E-state index contributed by atoms with van der Waals surface area (Å²) in [6.07, 6.45) is 3.41. The van der Waals surface area contributed by atoms with E-state index in [1.54, 1.807) is 0 Å². The van der Waals surface area contributed by atoms with Gasteiger partial charge in [-0.1, -0.05) is 32.0 Å². The van der Waals surface area contributed by atoms with Crippen LogP contribution in [0.15, 0.2) is 36.4 Å².